The maximum absolute atomic E-state index is 12.0. The Morgan fingerprint density at radius 3 is 1.34 bits per heavy atom. The average Bonchev–Trinajstić information content (AvgIpc) is 3.03. The zero-order valence-electron chi connectivity index (χ0n) is 24.8. The van der Waals surface area contributed by atoms with Crippen LogP contribution in [0.25, 0.3) is 0 Å². The smallest absolute Gasteiger partial charge is 0.392 e. The Kier molecular flexibility index (Phi) is 15.8. The number of phenols is 1. The fourth-order valence-electron chi connectivity index (χ4n) is 3.31. The summed E-state index contributed by atoms with van der Waals surface area (Å²) in [6.07, 6.45) is -10.6. The summed E-state index contributed by atoms with van der Waals surface area (Å²) in [6.45, 7) is -0.866. The van der Waals surface area contributed by atoms with E-state index in [4.69, 9.17) is 24.4 Å². The van der Waals surface area contributed by atoms with Gasteiger partial charge in [0.05, 0.1) is 37.2 Å². The van der Waals surface area contributed by atoms with E-state index in [1.807, 2.05) is 60.7 Å². The molecule has 4 aromatic rings. The van der Waals surface area contributed by atoms with Crippen molar-refractivity contribution in [1.82, 2.24) is 0 Å². The van der Waals surface area contributed by atoms with E-state index in [1.165, 1.54) is 48.5 Å². The number of carbonyl (C=O) groups is 2. The summed E-state index contributed by atoms with van der Waals surface area (Å²) >= 11 is 0. The van der Waals surface area contributed by atoms with Gasteiger partial charge in [0, 0.05) is 0 Å². The number of hydrogen-bond acceptors (Lipinski definition) is 7. The third-order valence-corrected chi connectivity index (χ3v) is 5.67. The van der Waals surface area contributed by atoms with E-state index >= 15 is 0 Å². The van der Waals surface area contributed by atoms with Crippen molar-refractivity contribution in [3.8, 4) is 11.5 Å². The molecule has 0 heterocycles. The first-order valence-corrected chi connectivity index (χ1v) is 13.9. The van der Waals surface area contributed by atoms with Crippen LogP contribution >= 0.6 is 0 Å². The van der Waals surface area contributed by atoms with Crippen molar-refractivity contribution in [2.45, 2.75) is 38.4 Å². The number of esters is 2. The fraction of sp³-hybridized carbons (Fsp3) is 0.235. The van der Waals surface area contributed by atoms with Gasteiger partial charge in [0.2, 0.25) is 0 Å². The molecule has 0 atom stereocenters. The number of rotatable bonds is 10. The number of halogens is 6. The fourth-order valence-corrected chi connectivity index (χ4v) is 3.31. The lowest BCUT2D eigenvalue weighted by Crippen LogP contribution is -2.13. The van der Waals surface area contributed by atoms with Gasteiger partial charge in [-0.3, -0.25) is 0 Å². The second-order valence-electron chi connectivity index (χ2n) is 9.50. The molecule has 0 saturated carbocycles. The molecule has 0 fully saturated rings. The zero-order chi connectivity index (χ0) is 34.7. The minimum Gasteiger partial charge on any atom is -0.508 e. The van der Waals surface area contributed by atoms with E-state index in [2.05, 4.69) is 0 Å². The number of aliphatic hydroxyl groups excluding tert-OH is 1. The number of ether oxygens (including phenoxy) is 3. The molecule has 0 amide bonds. The van der Waals surface area contributed by atoms with Gasteiger partial charge in [-0.1, -0.05) is 60.7 Å². The highest BCUT2D eigenvalue weighted by atomic mass is 19.4. The van der Waals surface area contributed by atoms with Crippen LogP contribution in [-0.4, -0.2) is 47.7 Å². The highest BCUT2D eigenvalue weighted by Crippen LogP contribution is 2.21. The van der Waals surface area contributed by atoms with Gasteiger partial charge in [-0.25, -0.2) is 9.59 Å². The SMILES string of the molecule is O=C(OCc1ccccc1)c1ccc(O)cc1.O=C(OCc1ccccc1)c1ccc(OCCC(F)(F)F)cc1.OCCC(F)(F)F. The monoisotopic (exact) mass is 666 g/mol. The summed E-state index contributed by atoms with van der Waals surface area (Å²) in [6, 6.07) is 30.5. The van der Waals surface area contributed by atoms with Gasteiger partial charge in [0.1, 0.15) is 24.7 Å². The zero-order valence-corrected chi connectivity index (χ0v) is 24.8. The van der Waals surface area contributed by atoms with Crippen molar-refractivity contribution >= 4 is 11.9 Å². The van der Waals surface area contributed by atoms with E-state index in [-0.39, 0.29) is 24.7 Å². The summed E-state index contributed by atoms with van der Waals surface area (Å²) in [5, 5.41) is 16.8. The Morgan fingerprint density at radius 2 is 0.979 bits per heavy atom. The maximum atomic E-state index is 12.0. The summed E-state index contributed by atoms with van der Waals surface area (Å²) < 4.78 is 84.0. The standard InChI is InChI=1S/C17H15F3O3.C14H12O3.C3H5F3O/c18-17(19,20)10-11-22-15-8-6-14(7-9-15)16(21)23-12-13-4-2-1-3-5-13;15-13-8-6-12(7-9-13)14(16)17-10-11-4-2-1-3-5-11;4-3(5,6)1-2-7/h1-9H,10-12H2;1-9,15H,10H2;7H,1-2H2. The molecule has 47 heavy (non-hydrogen) atoms. The Morgan fingerprint density at radius 1 is 0.574 bits per heavy atom. The highest BCUT2D eigenvalue weighted by molar-refractivity contribution is 5.90. The summed E-state index contributed by atoms with van der Waals surface area (Å²) in [4.78, 5) is 23.5. The molecule has 0 spiro atoms. The van der Waals surface area contributed by atoms with Crippen molar-refractivity contribution in [3.05, 3.63) is 131 Å². The first-order valence-electron chi connectivity index (χ1n) is 13.9. The number of alkyl halides is 6. The molecule has 0 aliphatic rings. The molecule has 0 aromatic heterocycles. The van der Waals surface area contributed by atoms with Crippen LogP contribution in [0.3, 0.4) is 0 Å². The number of aliphatic hydroxyl groups is 1. The largest absolute Gasteiger partial charge is 0.508 e. The van der Waals surface area contributed by atoms with Gasteiger partial charge in [-0.2, -0.15) is 26.3 Å². The average molecular weight is 667 g/mol. The van der Waals surface area contributed by atoms with Crippen LogP contribution < -0.4 is 4.74 Å². The summed E-state index contributed by atoms with van der Waals surface area (Å²) in [5.41, 5.74) is 2.55. The lowest BCUT2D eigenvalue weighted by molar-refractivity contribution is -0.141. The van der Waals surface area contributed by atoms with Crippen LogP contribution in [0.2, 0.25) is 0 Å². The van der Waals surface area contributed by atoms with E-state index in [0.29, 0.717) is 11.1 Å². The molecular formula is C34H32F6O7. The lowest BCUT2D eigenvalue weighted by atomic mass is 10.2. The van der Waals surface area contributed by atoms with E-state index in [9.17, 15) is 35.9 Å². The number of benzene rings is 4. The molecule has 4 aromatic carbocycles. The topological polar surface area (TPSA) is 102 Å². The molecule has 0 bridgehead atoms. The van der Waals surface area contributed by atoms with Crippen molar-refractivity contribution in [1.29, 1.82) is 0 Å². The van der Waals surface area contributed by atoms with Crippen LogP contribution in [0.15, 0.2) is 109 Å². The number of aromatic hydroxyl groups is 1. The first kappa shape index (κ1) is 38.1. The molecule has 252 valence electrons. The molecule has 0 unspecified atom stereocenters. The second-order valence-corrected chi connectivity index (χ2v) is 9.50. The second kappa shape index (κ2) is 19.5. The molecule has 4 rings (SSSR count). The lowest BCUT2D eigenvalue weighted by Gasteiger charge is -2.09. The summed E-state index contributed by atoms with van der Waals surface area (Å²) in [7, 11) is 0. The predicted octanol–water partition coefficient (Wildman–Crippen LogP) is 8.06. The Labute approximate surface area is 267 Å². The normalized spacial score (nSPS) is 10.8. The van der Waals surface area contributed by atoms with Crippen LogP contribution in [0, 0.1) is 0 Å². The molecule has 0 aliphatic carbocycles. The van der Waals surface area contributed by atoms with Gasteiger partial charge >= 0.3 is 24.3 Å². The van der Waals surface area contributed by atoms with Gasteiger partial charge < -0.3 is 24.4 Å². The third-order valence-electron chi connectivity index (χ3n) is 5.67. The number of hydrogen-bond donors (Lipinski definition) is 2. The van der Waals surface area contributed by atoms with Gasteiger partial charge in [0.15, 0.2) is 0 Å². The number of carbonyl (C=O) groups excluding carboxylic acids is 2. The van der Waals surface area contributed by atoms with Crippen LogP contribution in [0.4, 0.5) is 26.3 Å². The van der Waals surface area contributed by atoms with Crippen molar-refractivity contribution in [3.63, 3.8) is 0 Å². The molecule has 2 N–H and O–H groups in total. The van der Waals surface area contributed by atoms with Gasteiger partial charge in [-0.05, 0) is 59.7 Å². The number of phenolic OH excluding ortho intramolecular Hbond substituents is 1. The summed E-state index contributed by atoms with van der Waals surface area (Å²) in [5.74, 6) is -0.497. The van der Waals surface area contributed by atoms with Crippen LogP contribution in [0.1, 0.15) is 44.7 Å². The molecule has 0 radical (unpaired) electrons. The molecule has 0 aliphatic heterocycles. The van der Waals surface area contributed by atoms with Crippen molar-refractivity contribution in [2.24, 2.45) is 0 Å². The first-order chi connectivity index (χ1) is 22.3. The third kappa shape index (κ3) is 17.3. The molecule has 7 nitrogen and oxygen atoms in total. The predicted molar refractivity (Wildman–Crippen MR) is 160 cm³/mol. The van der Waals surface area contributed by atoms with Gasteiger partial charge in [0.25, 0.3) is 0 Å². The quantitative estimate of drug-likeness (QED) is 0.130. The Hall–Kier alpha value is -5.04. The Balaban J connectivity index is 0.000000280. The minimum atomic E-state index is -4.25. The molecule has 0 saturated heterocycles. The van der Waals surface area contributed by atoms with E-state index in [1.54, 1.807) is 0 Å². The molecule has 13 heteroatoms. The minimum absolute atomic E-state index is 0.129. The molecular weight excluding hydrogens is 634 g/mol. The van der Waals surface area contributed by atoms with Crippen molar-refractivity contribution < 1.29 is 60.4 Å². The van der Waals surface area contributed by atoms with E-state index in [0.717, 1.165) is 11.1 Å². The van der Waals surface area contributed by atoms with Gasteiger partial charge in [-0.15, -0.1) is 0 Å². The Bertz CT molecular complexity index is 1460. The van der Waals surface area contributed by atoms with Crippen molar-refractivity contribution in [2.75, 3.05) is 13.2 Å². The highest BCUT2D eigenvalue weighted by Gasteiger charge is 2.27. The van der Waals surface area contributed by atoms with Crippen LogP contribution in [-0.2, 0) is 22.7 Å². The van der Waals surface area contributed by atoms with E-state index < -0.39 is 50.3 Å². The maximum Gasteiger partial charge on any atom is 0.392 e. The van der Waals surface area contributed by atoms with Crippen LogP contribution in [0.5, 0.6) is 11.5 Å².